The molecule has 0 radical (unpaired) electrons. The summed E-state index contributed by atoms with van der Waals surface area (Å²) in [5, 5.41) is 11.7. The van der Waals surface area contributed by atoms with E-state index in [-0.39, 0.29) is 46.5 Å². The van der Waals surface area contributed by atoms with Gasteiger partial charge in [0.1, 0.15) is 4.21 Å². The predicted octanol–water partition coefficient (Wildman–Crippen LogP) is 3.85. The lowest BCUT2D eigenvalue weighted by Crippen LogP contribution is -2.60. The van der Waals surface area contributed by atoms with Crippen LogP contribution < -0.4 is 4.90 Å². The zero-order valence-corrected chi connectivity index (χ0v) is 23.0. The van der Waals surface area contributed by atoms with E-state index in [1.807, 2.05) is 11.8 Å². The number of hydrogen-bond donors (Lipinski definition) is 3. The molecule has 8 nitrogen and oxygen atoms in total. The van der Waals surface area contributed by atoms with Crippen LogP contribution in [0, 0.1) is 0 Å². The van der Waals surface area contributed by atoms with Gasteiger partial charge in [-0.3, -0.25) is 14.0 Å². The Morgan fingerprint density at radius 3 is 2.35 bits per heavy atom. The molecule has 0 saturated carbocycles. The first kappa shape index (κ1) is 28.6. The van der Waals surface area contributed by atoms with Crippen LogP contribution in [0.3, 0.4) is 0 Å². The Morgan fingerprint density at radius 2 is 1.78 bits per heavy atom. The number of halogens is 3. The lowest BCUT2D eigenvalue weighted by molar-refractivity contribution is -0.258. The molecule has 2 saturated heterocycles. The van der Waals surface area contributed by atoms with Crippen molar-refractivity contribution >= 4 is 37.6 Å². The zero-order valence-electron chi connectivity index (χ0n) is 20.5. The smallest absolute Gasteiger partial charge is 0.376 e. The Morgan fingerprint density at radius 1 is 1.11 bits per heavy atom. The Bertz CT molecular complexity index is 1170. The molecule has 0 aliphatic carbocycles. The standard InChI is InChI=1S/C23H32F3N3O5S3/c1-17-16-36(31,32)13-11-27(17)14-20-15-28(37(33,34)21-4-3-12-35-21)9-10-29(20)19-7-5-18(6-8-19)22(2,30)23(24,25)26/h3-8,12,17,20,30-32H,9-11,13-16H2,1-2H3/t17-,20-,22-/m0/s1. The number of hydrogen-bond acceptors (Lipinski definition) is 8. The maximum Gasteiger partial charge on any atom is 0.421 e. The number of nitrogens with zero attached hydrogens (tertiary/aromatic N) is 3. The zero-order chi connectivity index (χ0) is 27.2. The first-order valence-electron chi connectivity index (χ1n) is 11.8. The van der Waals surface area contributed by atoms with E-state index < -0.39 is 32.4 Å². The van der Waals surface area contributed by atoms with Crippen LogP contribution in [-0.2, 0) is 15.6 Å². The molecule has 0 unspecified atom stereocenters. The summed E-state index contributed by atoms with van der Waals surface area (Å²) in [6, 6.07) is 8.29. The SMILES string of the molecule is C[C@H]1CS(O)(O)CCN1C[C@H]1CN(S(=O)(=O)c2cccs2)CCN1c1ccc([C@](C)(O)C(F)(F)F)cc1. The molecule has 2 aliphatic rings. The molecule has 208 valence electrons. The fourth-order valence-electron chi connectivity index (χ4n) is 4.82. The van der Waals surface area contributed by atoms with Gasteiger partial charge in [-0.1, -0.05) is 18.2 Å². The van der Waals surface area contributed by atoms with Crippen LogP contribution in [0.15, 0.2) is 46.0 Å². The Hall–Kier alpha value is -1.39. The van der Waals surface area contributed by atoms with Gasteiger partial charge < -0.3 is 10.0 Å². The molecule has 0 spiro atoms. The molecule has 3 atom stereocenters. The van der Waals surface area contributed by atoms with Crippen molar-refractivity contribution < 1.29 is 35.8 Å². The first-order valence-corrected chi connectivity index (χ1v) is 16.0. The Balaban J connectivity index is 1.60. The molecule has 3 heterocycles. The summed E-state index contributed by atoms with van der Waals surface area (Å²) in [5.74, 6) is 0.473. The summed E-state index contributed by atoms with van der Waals surface area (Å²) < 4.78 is 88.3. The molecule has 3 N–H and O–H groups in total. The van der Waals surface area contributed by atoms with Crippen molar-refractivity contribution in [3.8, 4) is 0 Å². The van der Waals surface area contributed by atoms with Crippen molar-refractivity contribution in [2.75, 3.05) is 49.1 Å². The number of alkyl halides is 3. The normalized spacial score (nSPS) is 26.5. The van der Waals surface area contributed by atoms with Gasteiger partial charge in [0, 0.05) is 44.5 Å². The second-order valence-corrected chi connectivity index (χ2v) is 15.2. The van der Waals surface area contributed by atoms with Crippen LogP contribution in [-0.4, -0.2) is 94.3 Å². The number of benzene rings is 1. The number of rotatable bonds is 6. The highest BCUT2D eigenvalue weighted by atomic mass is 32.3. The van der Waals surface area contributed by atoms with Gasteiger partial charge in [-0.2, -0.15) is 28.1 Å². The van der Waals surface area contributed by atoms with Gasteiger partial charge in [0.05, 0.1) is 17.5 Å². The van der Waals surface area contributed by atoms with Crippen LogP contribution in [0.25, 0.3) is 0 Å². The largest absolute Gasteiger partial charge is 0.421 e. The van der Waals surface area contributed by atoms with Crippen molar-refractivity contribution in [3.05, 3.63) is 47.3 Å². The molecule has 0 amide bonds. The average molecular weight is 584 g/mol. The third kappa shape index (κ3) is 5.96. The van der Waals surface area contributed by atoms with Gasteiger partial charge >= 0.3 is 6.18 Å². The molecule has 2 aliphatic heterocycles. The third-order valence-electron chi connectivity index (χ3n) is 7.13. The van der Waals surface area contributed by atoms with Crippen LogP contribution in [0.2, 0.25) is 0 Å². The summed E-state index contributed by atoms with van der Waals surface area (Å²) in [7, 11) is -6.34. The maximum absolute atomic E-state index is 13.3. The van der Waals surface area contributed by atoms with Gasteiger partial charge in [0.2, 0.25) is 0 Å². The fraction of sp³-hybridized carbons (Fsp3) is 0.565. The van der Waals surface area contributed by atoms with Gasteiger partial charge in [-0.25, -0.2) is 8.42 Å². The van der Waals surface area contributed by atoms with Crippen molar-refractivity contribution in [1.29, 1.82) is 0 Å². The third-order valence-corrected chi connectivity index (χ3v) is 12.2. The van der Waals surface area contributed by atoms with Crippen molar-refractivity contribution in [1.82, 2.24) is 9.21 Å². The molecule has 2 fully saturated rings. The minimum Gasteiger partial charge on any atom is -0.376 e. The van der Waals surface area contributed by atoms with E-state index in [0.717, 1.165) is 11.3 Å². The number of aliphatic hydroxyl groups is 1. The fourth-order valence-corrected chi connectivity index (χ4v) is 9.11. The van der Waals surface area contributed by atoms with E-state index in [0.29, 0.717) is 32.2 Å². The van der Waals surface area contributed by atoms with Crippen molar-refractivity contribution in [3.63, 3.8) is 0 Å². The van der Waals surface area contributed by atoms with Crippen molar-refractivity contribution in [2.45, 2.75) is 41.9 Å². The highest BCUT2D eigenvalue weighted by molar-refractivity contribution is 8.24. The van der Waals surface area contributed by atoms with E-state index >= 15 is 0 Å². The number of thiophene rings is 1. The monoisotopic (exact) mass is 583 g/mol. The van der Waals surface area contributed by atoms with Crippen LogP contribution in [0.1, 0.15) is 19.4 Å². The average Bonchev–Trinajstić information content (AvgIpc) is 3.36. The van der Waals surface area contributed by atoms with E-state index in [4.69, 9.17) is 0 Å². The molecule has 1 aromatic carbocycles. The number of sulfonamides is 1. The molecule has 4 rings (SSSR count). The van der Waals surface area contributed by atoms with Gasteiger partial charge in [0.25, 0.3) is 10.0 Å². The lowest BCUT2D eigenvalue weighted by atomic mass is 9.95. The lowest BCUT2D eigenvalue weighted by Gasteiger charge is -2.49. The van der Waals surface area contributed by atoms with Gasteiger partial charge in [-0.05, 0) is 43.0 Å². The van der Waals surface area contributed by atoms with Gasteiger partial charge in [-0.15, -0.1) is 11.3 Å². The molecule has 2 aromatic rings. The maximum atomic E-state index is 13.3. The van der Waals surface area contributed by atoms with Crippen LogP contribution in [0.5, 0.6) is 0 Å². The summed E-state index contributed by atoms with van der Waals surface area (Å²) in [5.41, 5.74) is -2.66. The van der Waals surface area contributed by atoms with E-state index in [1.165, 1.54) is 28.6 Å². The van der Waals surface area contributed by atoms with E-state index in [9.17, 15) is 35.8 Å². The summed E-state index contributed by atoms with van der Waals surface area (Å²) in [4.78, 5) is 4.07. The minimum absolute atomic E-state index is 0.130. The Labute approximate surface area is 220 Å². The number of piperazine rings is 1. The quantitative estimate of drug-likeness (QED) is 0.475. The minimum atomic E-state index is -4.83. The second kappa shape index (κ2) is 10.3. The summed E-state index contributed by atoms with van der Waals surface area (Å²) in [6.45, 7) is 4.18. The molecular weight excluding hydrogens is 551 g/mol. The predicted molar refractivity (Wildman–Crippen MR) is 140 cm³/mol. The highest BCUT2D eigenvalue weighted by Crippen LogP contribution is 2.43. The van der Waals surface area contributed by atoms with E-state index in [2.05, 4.69) is 4.90 Å². The topological polar surface area (TPSA) is 105 Å². The molecule has 1 aromatic heterocycles. The molecule has 14 heteroatoms. The summed E-state index contributed by atoms with van der Waals surface area (Å²) in [6.07, 6.45) is -4.83. The van der Waals surface area contributed by atoms with E-state index in [1.54, 1.807) is 17.5 Å². The van der Waals surface area contributed by atoms with Gasteiger partial charge in [0.15, 0.2) is 5.60 Å². The highest BCUT2D eigenvalue weighted by Gasteiger charge is 2.51. The first-order chi connectivity index (χ1) is 17.1. The summed E-state index contributed by atoms with van der Waals surface area (Å²) >= 11 is 1.14. The van der Waals surface area contributed by atoms with Crippen LogP contribution in [0.4, 0.5) is 18.9 Å². The molecule has 37 heavy (non-hydrogen) atoms. The second-order valence-electron chi connectivity index (χ2n) is 9.78. The molecular formula is C23H32F3N3O5S3. The Kier molecular flexibility index (Phi) is 7.97. The molecule has 0 bridgehead atoms. The van der Waals surface area contributed by atoms with Crippen LogP contribution >= 0.6 is 21.9 Å². The van der Waals surface area contributed by atoms with Crippen molar-refractivity contribution in [2.24, 2.45) is 0 Å². The number of anilines is 1.